The molecule has 1 heterocycles. The van der Waals surface area contributed by atoms with Gasteiger partial charge in [0.05, 0.1) is 6.54 Å². The van der Waals surface area contributed by atoms with E-state index in [1.807, 2.05) is 20.9 Å². The Hall–Kier alpha value is -1.78. The zero-order valence-corrected chi connectivity index (χ0v) is 10.7. The number of amides is 1. The molecule has 1 aromatic heterocycles. The van der Waals surface area contributed by atoms with Gasteiger partial charge in [0.25, 0.3) is 0 Å². The molecule has 0 saturated heterocycles. The molecule has 0 radical (unpaired) electrons. The summed E-state index contributed by atoms with van der Waals surface area (Å²) in [5.74, 6) is 0.704. The summed E-state index contributed by atoms with van der Waals surface area (Å²) in [5, 5.41) is 2.82. The molecule has 0 aliphatic carbocycles. The highest BCUT2D eigenvalue weighted by atomic mass is 16.2. The van der Waals surface area contributed by atoms with Crippen LogP contribution in [0.15, 0.2) is 12.3 Å². The largest absolute Gasteiger partial charge is 0.398 e. The van der Waals surface area contributed by atoms with E-state index in [2.05, 4.69) is 10.3 Å². The number of carbonyl (C=O) groups excluding carboxylic acids is 1. The highest BCUT2D eigenvalue weighted by Gasteiger charge is 2.08. The molecule has 17 heavy (non-hydrogen) atoms. The van der Waals surface area contributed by atoms with Crippen LogP contribution in [0.2, 0.25) is 0 Å². The van der Waals surface area contributed by atoms with E-state index in [1.165, 1.54) is 0 Å². The first-order chi connectivity index (χ1) is 8.04. The smallest absolute Gasteiger partial charge is 0.239 e. The maximum Gasteiger partial charge on any atom is 0.239 e. The van der Waals surface area contributed by atoms with Gasteiger partial charge in [-0.05, 0) is 18.9 Å². The molecule has 3 N–H and O–H groups in total. The standard InChI is InChI=1S/C12H20N4O/c1-4-5-14-12(17)8-16(3)11-6-10(13)9(2)7-15-11/h6-7H,4-5,8H2,1-3H3,(H2,13,15)(H,14,17). The summed E-state index contributed by atoms with van der Waals surface area (Å²) in [5.41, 5.74) is 7.44. The second kappa shape index (κ2) is 6.08. The van der Waals surface area contributed by atoms with Gasteiger partial charge in [-0.1, -0.05) is 6.92 Å². The van der Waals surface area contributed by atoms with Gasteiger partial charge in [-0.2, -0.15) is 0 Å². The summed E-state index contributed by atoms with van der Waals surface area (Å²) in [6, 6.07) is 1.78. The maximum atomic E-state index is 11.5. The molecule has 0 fully saturated rings. The van der Waals surface area contributed by atoms with Crippen molar-refractivity contribution in [1.82, 2.24) is 10.3 Å². The Balaban J connectivity index is 2.60. The van der Waals surface area contributed by atoms with Crippen molar-refractivity contribution < 1.29 is 4.79 Å². The van der Waals surface area contributed by atoms with Crippen LogP contribution in [-0.4, -0.2) is 31.0 Å². The molecule has 94 valence electrons. The number of nitrogens with zero attached hydrogens (tertiary/aromatic N) is 2. The number of aromatic nitrogens is 1. The first kappa shape index (κ1) is 13.3. The van der Waals surface area contributed by atoms with Crippen molar-refractivity contribution >= 4 is 17.4 Å². The number of aryl methyl sites for hydroxylation is 1. The van der Waals surface area contributed by atoms with Crippen molar-refractivity contribution in [2.75, 3.05) is 30.8 Å². The summed E-state index contributed by atoms with van der Waals surface area (Å²) in [4.78, 5) is 17.5. The lowest BCUT2D eigenvalue weighted by Gasteiger charge is -2.18. The number of rotatable bonds is 5. The van der Waals surface area contributed by atoms with Gasteiger partial charge in [0.15, 0.2) is 0 Å². The maximum absolute atomic E-state index is 11.5. The fourth-order valence-corrected chi connectivity index (χ4v) is 1.35. The monoisotopic (exact) mass is 236 g/mol. The summed E-state index contributed by atoms with van der Waals surface area (Å²) in [6.07, 6.45) is 2.65. The van der Waals surface area contributed by atoms with E-state index >= 15 is 0 Å². The Labute approximate surface area is 102 Å². The summed E-state index contributed by atoms with van der Waals surface area (Å²) < 4.78 is 0. The first-order valence-electron chi connectivity index (χ1n) is 5.74. The van der Waals surface area contributed by atoms with Gasteiger partial charge in [0.2, 0.25) is 5.91 Å². The Morgan fingerprint density at radius 3 is 2.88 bits per heavy atom. The number of likely N-dealkylation sites (N-methyl/N-ethyl adjacent to an activating group) is 1. The van der Waals surface area contributed by atoms with Crippen LogP contribution in [0.4, 0.5) is 11.5 Å². The van der Waals surface area contributed by atoms with E-state index in [-0.39, 0.29) is 12.5 Å². The minimum absolute atomic E-state index is 0.00436. The van der Waals surface area contributed by atoms with Crippen molar-refractivity contribution in [2.45, 2.75) is 20.3 Å². The molecule has 0 aliphatic heterocycles. The van der Waals surface area contributed by atoms with Crippen LogP contribution >= 0.6 is 0 Å². The molecule has 5 heteroatoms. The molecular formula is C12H20N4O. The van der Waals surface area contributed by atoms with E-state index in [4.69, 9.17) is 5.73 Å². The topological polar surface area (TPSA) is 71.2 Å². The van der Waals surface area contributed by atoms with E-state index < -0.39 is 0 Å². The molecule has 5 nitrogen and oxygen atoms in total. The number of hydrogen-bond donors (Lipinski definition) is 2. The molecule has 1 rings (SSSR count). The minimum Gasteiger partial charge on any atom is -0.398 e. The number of hydrogen-bond acceptors (Lipinski definition) is 4. The lowest BCUT2D eigenvalue weighted by molar-refractivity contribution is -0.119. The van der Waals surface area contributed by atoms with Crippen molar-refractivity contribution in [1.29, 1.82) is 0 Å². The van der Waals surface area contributed by atoms with E-state index in [0.717, 1.165) is 12.0 Å². The Bertz CT molecular complexity index is 392. The number of pyridine rings is 1. The summed E-state index contributed by atoms with van der Waals surface area (Å²) in [7, 11) is 1.82. The van der Waals surface area contributed by atoms with E-state index in [9.17, 15) is 4.79 Å². The zero-order chi connectivity index (χ0) is 12.8. The molecular weight excluding hydrogens is 216 g/mol. The fourth-order valence-electron chi connectivity index (χ4n) is 1.35. The minimum atomic E-state index is -0.00436. The number of nitrogens with two attached hydrogens (primary N) is 1. The number of carbonyl (C=O) groups is 1. The SMILES string of the molecule is CCCNC(=O)CN(C)c1cc(N)c(C)cn1. The average Bonchev–Trinajstić information content (AvgIpc) is 2.30. The van der Waals surface area contributed by atoms with Crippen LogP contribution in [0.1, 0.15) is 18.9 Å². The van der Waals surface area contributed by atoms with Crippen LogP contribution in [0, 0.1) is 6.92 Å². The van der Waals surface area contributed by atoms with E-state index in [1.54, 1.807) is 17.2 Å². The molecule has 0 atom stereocenters. The quantitative estimate of drug-likeness (QED) is 0.798. The Morgan fingerprint density at radius 2 is 2.29 bits per heavy atom. The number of nitrogens with one attached hydrogen (secondary N) is 1. The number of nitrogen functional groups attached to an aromatic ring is 1. The van der Waals surface area contributed by atoms with Crippen LogP contribution in [0.3, 0.4) is 0 Å². The second-order valence-corrected chi connectivity index (χ2v) is 4.11. The number of anilines is 2. The summed E-state index contributed by atoms with van der Waals surface area (Å²) in [6.45, 7) is 4.91. The van der Waals surface area contributed by atoms with Crippen molar-refractivity contribution in [3.63, 3.8) is 0 Å². The predicted octanol–water partition coefficient (Wildman–Crippen LogP) is 0.935. The van der Waals surface area contributed by atoms with Gasteiger partial charge in [-0.15, -0.1) is 0 Å². The van der Waals surface area contributed by atoms with Gasteiger partial charge < -0.3 is 16.0 Å². The van der Waals surface area contributed by atoms with Gasteiger partial charge in [0.1, 0.15) is 5.82 Å². The Kier molecular flexibility index (Phi) is 4.75. The lowest BCUT2D eigenvalue weighted by Crippen LogP contribution is -2.35. The fraction of sp³-hybridized carbons (Fsp3) is 0.500. The van der Waals surface area contributed by atoms with Crippen LogP contribution in [0.5, 0.6) is 0 Å². The van der Waals surface area contributed by atoms with E-state index in [0.29, 0.717) is 18.1 Å². The molecule has 0 spiro atoms. The third-order valence-electron chi connectivity index (χ3n) is 2.47. The first-order valence-corrected chi connectivity index (χ1v) is 5.74. The van der Waals surface area contributed by atoms with Crippen molar-refractivity contribution in [2.24, 2.45) is 0 Å². The normalized spacial score (nSPS) is 10.1. The Morgan fingerprint density at radius 1 is 1.59 bits per heavy atom. The van der Waals surface area contributed by atoms with Crippen LogP contribution in [0.25, 0.3) is 0 Å². The van der Waals surface area contributed by atoms with Crippen LogP contribution < -0.4 is 16.0 Å². The molecule has 0 saturated carbocycles. The lowest BCUT2D eigenvalue weighted by atomic mass is 10.2. The zero-order valence-electron chi connectivity index (χ0n) is 10.7. The summed E-state index contributed by atoms with van der Waals surface area (Å²) >= 11 is 0. The highest BCUT2D eigenvalue weighted by molar-refractivity contribution is 5.81. The molecule has 0 bridgehead atoms. The van der Waals surface area contributed by atoms with Crippen LogP contribution in [-0.2, 0) is 4.79 Å². The van der Waals surface area contributed by atoms with Crippen molar-refractivity contribution in [3.05, 3.63) is 17.8 Å². The third kappa shape index (κ3) is 3.94. The third-order valence-corrected chi connectivity index (χ3v) is 2.47. The molecule has 0 aromatic carbocycles. The highest BCUT2D eigenvalue weighted by Crippen LogP contribution is 2.16. The second-order valence-electron chi connectivity index (χ2n) is 4.11. The van der Waals surface area contributed by atoms with Gasteiger partial charge in [0, 0.05) is 31.5 Å². The molecule has 0 aliphatic rings. The van der Waals surface area contributed by atoms with Gasteiger partial charge in [-0.3, -0.25) is 4.79 Å². The molecule has 1 aromatic rings. The molecule has 1 amide bonds. The molecule has 0 unspecified atom stereocenters. The van der Waals surface area contributed by atoms with Gasteiger partial charge in [-0.25, -0.2) is 4.98 Å². The van der Waals surface area contributed by atoms with Gasteiger partial charge >= 0.3 is 0 Å². The average molecular weight is 236 g/mol. The van der Waals surface area contributed by atoms with Crippen molar-refractivity contribution in [3.8, 4) is 0 Å². The predicted molar refractivity (Wildman–Crippen MR) is 70.0 cm³/mol.